The van der Waals surface area contributed by atoms with Crippen molar-refractivity contribution in [3.63, 3.8) is 0 Å². The molecule has 8 bridgehead atoms. The molecule has 6 aliphatic rings. The van der Waals surface area contributed by atoms with E-state index in [1.54, 1.807) is 6.92 Å². The Morgan fingerprint density at radius 1 is 0.755 bits per heavy atom. The first-order valence-corrected chi connectivity index (χ1v) is 19.2. The van der Waals surface area contributed by atoms with Crippen LogP contribution >= 0.6 is 0 Å². The lowest BCUT2D eigenvalue weighted by molar-refractivity contribution is 0.101. The fraction of sp³-hybridized carbons (Fsp3) is 0.283. The van der Waals surface area contributed by atoms with E-state index in [4.69, 9.17) is 21.5 Å². The second kappa shape index (κ2) is 13.6. The number of hydrogen-bond acceptors (Lipinski definition) is 7. The fourth-order valence-corrected chi connectivity index (χ4v) is 9.15. The van der Waals surface area contributed by atoms with Crippen molar-refractivity contribution in [2.24, 2.45) is 27.4 Å². The summed E-state index contributed by atoms with van der Waals surface area (Å²) in [6.45, 7) is 1.61. The molecule has 3 aromatic carbocycles. The van der Waals surface area contributed by atoms with Crippen molar-refractivity contribution < 1.29 is 4.79 Å². The van der Waals surface area contributed by atoms with E-state index < -0.39 is 5.66 Å². The SMILES string of the molecule is CC(=O)c1ccc(/C2=C3\CC/C(=C(\C4CCCCC4)C4=N/C(=C(/c5ccccc5)C5CC=C(N5)/C(c5ccccc5)=C5/C=CC2=N5)CC4(N)N)N3)cc1. The van der Waals surface area contributed by atoms with Crippen LogP contribution < -0.4 is 22.1 Å². The monoisotopic (exact) mass is 698 g/mol. The molecule has 6 N–H and O–H groups in total. The highest BCUT2D eigenvalue weighted by atomic mass is 16.1. The summed E-state index contributed by atoms with van der Waals surface area (Å²) in [5, 5.41) is 7.91. The molecular weight excluding hydrogens is 653 g/mol. The molecule has 7 nitrogen and oxygen atoms in total. The van der Waals surface area contributed by atoms with E-state index >= 15 is 0 Å². The van der Waals surface area contributed by atoms with E-state index in [1.807, 2.05) is 18.2 Å². The van der Waals surface area contributed by atoms with Gasteiger partial charge < -0.3 is 22.1 Å². The number of fused-ring (bicyclic) bond motifs is 6. The number of nitrogens with two attached hydrogens (primary N) is 2. The number of ketones is 1. The maximum atomic E-state index is 12.3. The van der Waals surface area contributed by atoms with E-state index in [-0.39, 0.29) is 11.8 Å². The standard InChI is InChI=1S/C46H46N6O/c1-28(53)29-17-19-33(20-18-29)42-36-22-21-34(49-36)41(30-11-5-2-6-12-30)35-23-24-38(50-35)43(31-13-7-3-8-14-31)40-27-46(47,48)45(52-40)44(32-15-9-4-10-16-32)39-26-25-37(42)51-39/h2-3,5-8,11-14,17-23,32,38,50-51H,4,9-10,15-16,24-27,47-48H2,1H3/b41-34-,42-37-,43-40-,44-39-. The number of nitrogens with zero attached hydrogens (tertiary/aromatic N) is 2. The van der Waals surface area contributed by atoms with Crippen LogP contribution in [-0.2, 0) is 0 Å². The Morgan fingerprint density at radius 2 is 1.43 bits per heavy atom. The average molecular weight is 699 g/mol. The van der Waals surface area contributed by atoms with Crippen molar-refractivity contribution in [3.05, 3.63) is 159 Å². The van der Waals surface area contributed by atoms with E-state index in [9.17, 15) is 4.79 Å². The summed E-state index contributed by atoms with van der Waals surface area (Å²) in [5.41, 5.74) is 28.6. The highest BCUT2D eigenvalue weighted by Gasteiger charge is 2.43. The maximum Gasteiger partial charge on any atom is 0.159 e. The third-order valence-corrected chi connectivity index (χ3v) is 11.7. The average Bonchev–Trinajstić information content (AvgIpc) is 4.00. The summed E-state index contributed by atoms with van der Waals surface area (Å²) in [6.07, 6.45) is 15.3. The first-order valence-electron chi connectivity index (χ1n) is 19.2. The minimum absolute atomic E-state index is 0.0282. The molecule has 1 atom stereocenters. The van der Waals surface area contributed by atoms with Gasteiger partial charge in [0.05, 0.1) is 28.9 Å². The first-order chi connectivity index (χ1) is 25.8. The number of aliphatic imine (C=N–C) groups is 2. The molecule has 53 heavy (non-hydrogen) atoms. The lowest BCUT2D eigenvalue weighted by Gasteiger charge is -2.31. The van der Waals surface area contributed by atoms with Crippen LogP contribution in [0.5, 0.6) is 0 Å². The number of rotatable bonds is 5. The van der Waals surface area contributed by atoms with Crippen LogP contribution in [0.2, 0.25) is 0 Å². The van der Waals surface area contributed by atoms with Crippen LogP contribution in [0.3, 0.4) is 0 Å². The van der Waals surface area contributed by atoms with E-state index in [1.165, 1.54) is 30.5 Å². The van der Waals surface area contributed by atoms with Crippen molar-refractivity contribution in [3.8, 4) is 0 Å². The summed E-state index contributed by atoms with van der Waals surface area (Å²) in [6, 6.07) is 29.0. The zero-order chi connectivity index (χ0) is 36.1. The Hall–Kier alpha value is -5.37. The minimum atomic E-state index is -1.11. The molecule has 1 aliphatic carbocycles. The molecule has 0 aromatic heterocycles. The van der Waals surface area contributed by atoms with Crippen LogP contribution in [-0.4, -0.2) is 28.9 Å². The summed E-state index contributed by atoms with van der Waals surface area (Å²) in [5.74, 6) is 0.380. The number of carbonyl (C=O) groups excluding carboxylic acids is 1. The van der Waals surface area contributed by atoms with Crippen molar-refractivity contribution in [2.75, 3.05) is 0 Å². The Kier molecular flexibility index (Phi) is 8.56. The Balaban J connectivity index is 1.31. The molecule has 3 aromatic rings. The predicted octanol–water partition coefficient (Wildman–Crippen LogP) is 8.37. The lowest BCUT2D eigenvalue weighted by Crippen LogP contribution is -2.55. The van der Waals surface area contributed by atoms with Gasteiger partial charge in [-0.15, -0.1) is 0 Å². The molecule has 1 saturated heterocycles. The first kappa shape index (κ1) is 33.5. The molecule has 7 heteroatoms. The lowest BCUT2D eigenvalue weighted by atomic mass is 9.78. The van der Waals surface area contributed by atoms with Gasteiger partial charge in [-0.05, 0) is 79.4 Å². The number of nitrogens with one attached hydrogen (secondary N) is 2. The van der Waals surface area contributed by atoms with Gasteiger partial charge in [0.15, 0.2) is 5.78 Å². The minimum Gasteiger partial charge on any atom is -0.378 e. The number of Topliss-reactive ketones (excluding diaryl/α,β-unsaturated/α-hetero) is 1. The normalized spacial score (nSPS) is 28.0. The molecule has 0 spiro atoms. The van der Waals surface area contributed by atoms with Gasteiger partial charge in [-0.3, -0.25) is 9.79 Å². The van der Waals surface area contributed by atoms with Crippen molar-refractivity contribution in [1.29, 1.82) is 0 Å². The summed E-state index contributed by atoms with van der Waals surface area (Å²) in [4.78, 5) is 23.2. The van der Waals surface area contributed by atoms with Gasteiger partial charge >= 0.3 is 0 Å². The Labute approximate surface area is 311 Å². The van der Waals surface area contributed by atoms with E-state index in [2.05, 4.69) is 95.6 Å². The second-order valence-corrected chi connectivity index (χ2v) is 15.3. The Bertz CT molecular complexity index is 2240. The number of carbonyl (C=O) groups is 1. The molecule has 1 unspecified atom stereocenters. The summed E-state index contributed by atoms with van der Waals surface area (Å²) >= 11 is 0. The second-order valence-electron chi connectivity index (χ2n) is 15.3. The quantitative estimate of drug-likeness (QED) is 0.158. The highest BCUT2D eigenvalue weighted by Crippen LogP contribution is 2.44. The molecule has 5 aliphatic heterocycles. The smallest absolute Gasteiger partial charge is 0.159 e. The molecule has 0 radical (unpaired) electrons. The van der Waals surface area contributed by atoms with Crippen molar-refractivity contribution in [1.82, 2.24) is 10.6 Å². The third-order valence-electron chi connectivity index (χ3n) is 11.7. The van der Waals surface area contributed by atoms with E-state index in [0.717, 1.165) is 99.7 Å². The molecule has 1 saturated carbocycles. The van der Waals surface area contributed by atoms with Crippen LogP contribution in [0.1, 0.15) is 91.8 Å². The maximum absolute atomic E-state index is 12.3. The van der Waals surface area contributed by atoms with Crippen LogP contribution in [0.25, 0.3) is 16.7 Å². The summed E-state index contributed by atoms with van der Waals surface area (Å²) in [7, 11) is 0. The molecule has 2 fully saturated rings. The molecule has 266 valence electrons. The Morgan fingerprint density at radius 3 is 2.15 bits per heavy atom. The van der Waals surface area contributed by atoms with Crippen LogP contribution in [0.15, 0.2) is 147 Å². The van der Waals surface area contributed by atoms with Gasteiger partial charge in [0.2, 0.25) is 0 Å². The van der Waals surface area contributed by atoms with Gasteiger partial charge in [0.25, 0.3) is 0 Å². The fourth-order valence-electron chi connectivity index (χ4n) is 9.15. The van der Waals surface area contributed by atoms with Crippen LogP contribution in [0.4, 0.5) is 0 Å². The van der Waals surface area contributed by atoms with Gasteiger partial charge in [-0.1, -0.05) is 110 Å². The van der Waals surface area contributed by atoms with Gasteiger partial charge in [0, 0.05) is 45.8 Å². The molecule has 0 amide bonds. The van der Waals surface area contributed by atoms with Gasteiger partial charge in [0.1, 0.15) is 5.66 Å². The number of hydrogen-bond donors (Lipinski definition) is 4. The van der Waals surface area contributed by atoms with Gasteiger partial charge in [-0.25, -0.2) is 4.99 Å². The van der Waals surface area contributed by atoms with Crippen molar-refractivity contribution >= 4 is 33.9 Å². The van der Waals surface area contributed by atoms with Crippen molar-refractivity contribution in [2.45, 2.75) is 76.4 Å². The largest absolute Gasteiger partial charge is 0.378 e. The zero-order valence-corrected chi connectivity index (χ0v) is 30.3. The number of benzene rings is 3. The highest BCUT2D eigenvalue weighted by molar-refractivity contribution is 6.31. The van der Waals surface area contributed by atoms with E-state index in [0.29, 0.717) is 17.9 Å². The number of allylic oxidation sites excluding steroid dienone is 6. The zero-order valence-electron chi connectivity index (χ0n) is 30.3. The molecule has 5 heterocycles. The molecular formula is C46H46N6O. The van der Waals surface area contributed by atoms with Gasteiger partial charge in [-0.2, -0.15) is 0 Å². The molecule has 9 rings (SSSR count). The summed E-state index contributed by atoms with van der Waals surface area (Å²) < 4.78 is 0. The predicted molar refractivity (Wildman–Crippen MR) is 215 cm³/mol. The van der Waals surface area contributed by atoms with Crippen LogP contribution in [0, 0.1) is 5.92 Å². The third kappa shape index (κ3) is 6.18. The topological polar surface area (TPSA) is 118 Å².